The number of hydrogen-bond donors (Lipinski definition) is 0. The number of ether oxygens (including phenoxy) is 3. The van der Waals surface area contributed by atoms with Gasteiger partial charge in [-0.3, -0.25) is 15.1 Å². The van der Waals surface area contributed by atoms with Crippen molar-refractivity contribution >= 4 is 39.1 Å². The van der Waals surface area contributed by atoms with Gasteiger partial charge in [-0.2, -0.15) is 0 Å². The molecular formula is C26H24BrClFN3O5. The molecule has 194 valence electrons. The van der Waals surface area contributed by atoms with E-state index in [1.54, 1.807) is 13.2 Å². The molecule has 11 heteroatoms. The summed E-state index contributed by atoms with van der Waals surface area (Å²) in [6.45, 7) is 0.430. The van der Waals surface area contributed by atoms with Gasteiger partial charge in [0, 0.05) is 47.5 Å². The van der Waals surface area contributed by atoms with Gasteiger partial charge in [0.05, 0.1) is 30.2 Å². The minimum Gasteiger partial charge on any atom is -0.497 e. The number of rotatable bonds is 9. The normalized spacial score (nSPS) is 15.9. The molecule has 1 atom stereocenters. The summed E-state index contributed by atoms with van der Waals surface area (Å²) >= 11 is 9.96. The third-order valence-electron chi connectivity index (χ3n) is 6.10. The monoisotopic (exact) mass is 591 g/mol. The van der Waals surface area contributed by atoms with Gasteiger partial charge in [-0.25, -0.2) is 4.39 Å². The summed E-state index contributed by atoms with van der Waals surface area (Å²) in [5, 5.41) is 12.5. The van der Waals surface area contributed by atoms with Crippen LogP contribution in [0.2, 0.25) is 5.02 Å². The van der Waals surface area contributed by atoms with Crippen LogP contribution in [0.4, 0.5) is 10.1 Å². The smallest absolute Gasteiger partial charge is 0.276 e. The van der Waals surface area contributed by atoms with Crippen molar-refractivity contribution < 1.29 is 23.5 Å². The number of fused-ring (bicyclic) bond motifs is 1. The van der Waals surface area contributed by atoms with E-state index in [0.717, 1.165) is 5.56 Å². The van der Waals surface area contributed by atoms with E-state index in [1.807, 2.05) is 29.2 Å². The first-order chi connectivity index (χ1) is 17.8. The lowest BCUT2D eigenvalue weighted by atomic mass is 9.95. The summed E-state index contributed by atoms with van der Waals surface area (Å²) < 4.78 is 30.9. The number of halogens is 3. The molecule has 0 radical (unpaired) electrons. The molecule has 0 bridgehead atoms. The molecule has 0 aliphatic carbocycles. The van der Waals surface area contributed by atoms with Crippen molar-refractivity contribution in [1.29, 1.82) is 0 Å². The highest BCUT2D eigenvalue weighted by Gasteiger charge is 2.42. The van der Waals surface area contributed by atoms with Crippen molar-refractivity contribution in [3.63, 3.8) is 0 Å². The van der Waals surface area contributed by atoms with E-state index in [2.05, 4.69) is 15.9 Å². The molecular weight excluding hydrogens is 569 g/mol. The molecule has 0 saturated heterocycles. The van der Waals surface area contributed by atoms with Crippen molar-refractivity contribution in [2.45, 2.75) is 18.9 Å². The Hall–Kier alpha value is -3.05. The summed E-state index contributed by atoms with van der Waals surface area (Å²) in [6, 6.07) is 13.9. The predicted octanol–water partition coefficient (Wildman–Crippen LogP) is 6.13. The molecule has 8 nitrogen and oxygen atoms in total. The number of nitro groups is 1. The fourth-order valence-electron chi connectivity index (χ4n) is 4.38. The highest BCUT2D eigenvalue weighted by atomic mass is 79.9. The topological polar surface area (TPSA) is 86.4 Å². The highest BCUT2D eigenvalue weighted by Crippen LogP contribution is 2.47. The second-order valence-electron chi connectivity index (χ2n) is 8.25. The Morgan fingerprint density at radius 2 is 1.84 bits per heavy atom. The number of hydrogen-bond acceptors (Lipinski definition) is 6. The highest BCUT2D eigenvalue weighted by molar-refractivity contribution is 9.10. The van der Waals surface area contributed by atoms with Gasteiger partial charge in [0.2, 0.25) is 0 Å². The average Bonchev–Trinajstić information content (AvgIpc) is 3.18. The van der Waals surface area contributed by atoms with Crippen LogP contribution in [-0.2, 0) is 16.0 Å². The van der Waals surface area contributed by atoms with Crippen molar-refractivity contribution in [2.75, 3.05) is 27.9 Å². The number of aliphatic imine (C=N–C) groups is 1. The molecule has 0 aromatic heterocycles. The zero-order valence-electron chi connectivity index (χ0n) is 20.3. The third-order valence-corrected chi connectivity index (χ3v) is 6.90. The molecule has 1 aliphatic rings. The molecule has 0 fully saturated rings. The molecule has 1 aliphatic heterocycles. The van der Waals surface area contributed by atoms with Gasteiger partial charge in [0.15, 0.2) is 6.29 Å². The van der Waals surface area contributed by atoms with E-state index in [0.29, 0.717) is 39.3 Å². The lowest BCUT2D eigenvalue weighted by Gasteiger charge is -2.29. The Kier molecular flexibility index (Phi) is 8.43. The van der Waals surface area contributed by atoms with E-state index in [1.165, 1.54) is 38.5 Å². The van der Waals surface area contributed by atoms with Crippen LogP contribution in [0.5, 0.6) is 5.75 Å². The first-order valence-electron chi connectivity index (χ1n) is 11.2. The van der Waals surface area contributed by atoms with Gasteiger partial charge in [0.25, 0.3) is 5.69 Å². The molecule has 3 aromatic rings. The molecule has 3 aromatic carbocycles. The number of methoxy groups -OCH3 is 3. The molecule has 0 N–H and O–H groups in total. The summed E-state index contributed by atoms with van der Waals surface area (Å²) in [5.41, 5.74) is 2.05. The van der Waals surface area contributed by atoms with Gasteiger partial charge in [0.1, 0.15) is 17.4 Å². The SMILES string of the molecule is COc1ccc(CN2C(=NCC(OC)OC)c3cc(Br)cc([N+](=O)[O-])c3C2c2cc(F)ccc2Cl)cc1. The van der Waals surface area contributed by atoms with Crippen LogP contribution in [0.15, 0.2) is 64.1 Å². The fraction of sp³-hybridized carbons (Fsp3) is 0.269. The molecule has 0 saturated carbocycles. The van der Waals surface area contributed by atoms with Gasteiger partial charge in [-0.15, -0.1) is 0 Å². The summed E-state index contributed by atoms with van der Waals surface area (Å²) in [4.78, 5) is 18.4. The van der Waals surface area contributed by atoms with Crippen LogP contribution in [0.1, 0.15) is 28.3 Å². The Bertz CT molecular complexity index is 1330. The Labute approximate surface area is 226 Å². The lowest BCUT2D eigenvalue weighted by molar-refractivity contribution is -0.385. The quantitative estimate of drug-likeness (QED) is 0.169. The van der Waals surface area contributed by atoms with E-state index in [9.17, 15) is 14.5 Å². The standard InChI is InChI=1S/C26H24BrClFN3O5/c1-35-18-7-4-15(5-8-18)14-31-25(19-12-17(29)6-9-21(19)28)24-20(10-16(27)11-22(24)32(33)34)26(31)30-13-23(36-2)37-3/h4-12,23,25H,13-14H2,1-3H3. The number of benzene rings is 3. The molecule has 4 rings (SSSR count). The molecule has 0 spiro atoms. The first kappa shape index (κ1) is 27.0. The van der Waals surface area contributed by atoms with E-state index in [4.69, 9.17) is 30.8 Å². The number of nitro benzene ring substituents is 1. The van der Waals surface area contributed by atoms with Crippen LogP contribution in [-0.4, -0.2) is 49.8 Å². The molecule has 1 heterocycles. The van der Waals surface area contributed by atoms with Crippen molar-refractivity contribution in [2.24, 2.45) is 4.99 Å². The second-order valence-corrected chi connectivity index (χ2v) is 9.58. The molecule has 0 amide bonds. The van der Waals surface area contributed by atoms with Crippen molar-refractivity contribution in [1.82, 2.24) is 4.90 Å². The van der Waals surface area contributed by atoms with Crippen molar-refractivity contribution in [3.05, 3.63) is 102 Å². The van der Waals surface area contributed by atoms with Crippen molar-refractivity contribution in [3.8, 4) is 5.75 Å². The predicted molar refractivity (Wildman–Crippen MR) is 142 cm³/mol. The maximum absolute atomic E-state index is 14.5. The minimum atomic E-state index is -0.781. The van der Waals surface area contributed by atoms with Crippen LogP contribution < -0.4 is 4.74 Å². The molecule has 37 heavy (non-hydrogen) atoms. The summed E-state index contributed by atoms with van der Waals surface area (Å²) in [5.74, 6) is 0.656. The van der Waals surface area contributed by atoms with E-state index < -0.39 is 23.1 Å². The number of nitrogens with zero attached hydrogens (tertiary/aromatic N) is 3. The Morgan fingerprint density at radius 1 is 1.14 bits per heavy atom. The van der Waals surface area contributed by atoms with Gasteiger partial charge in [-0.1, -0.05) is 39.7 Å². The third kappa shape index (κ3) is 5.62. The van der Waals surface area contributed by atoms with Crippen LogP contribution in [0, 0.1) is 15.9 Å². The zero-order chi connectivity index (χ0) is 26.7. The number of amidine groups is 1. The van der Waals surface area contributed by atoms with E-state index in [-0.39, 0.29) is 17.3 Å². The summed E-state index contributed by atoms with van der Waals surface area (Å²) in [6.07, 6.45) is -0.627. The fourth-order valence-corrected chi connectivity index (χ4v) is 5.05. The van der Waals surface area contributed by atoms with Gasteiger partial charge < -0.3 is 19.1 Å². The van der Waals surface area contributed by atoms with Gasteiger partial charge in [-0.05, 0) is 42.0 Å². The average molecular weight is 593 g/mol. The van der Waals surface area contributed by atoms with E-state index >= 15 is 0 Å². The zero-order valence-corrected chi connectivity index (χ0v) is 22.6. The summed E-state index contributed by atoms with van der Waals surface area (Å²) in [7, 11) is 4.59. The molecule has 1 unspecified atom stereocenters. The maximum Gasteiger partial charge on any atom is 0.276 e. The maximum atomic E-state index is 14.5. The minimum absolute atomic E-state index is 0.130. The lowest BCUT2D eigenvalue weighted by Crippen LogP contribution is -2.30. The largest absolute Gasteiger partial charge is 0.497 e. The second kappa shape index (κ2) is 11.6. The Balaban J connectivity index is 1.96. The Morgan fingerprint density at radius 3 is 2.46 bits per heavy atom. The van der Waals surface area contributed by atoms with Crippen LogP contribution in [0.25, 0.3) is 0 Å². The van der Waals surface area contributed by atoms with Crippen LogP contribution >= 0.6 is 27.5 Å². The first-order valence-corrected chi connectivity index (χ1v) is 12.4. The van der Waals surface area contributed by atoms with Gasteiger partial charge >= 0.3 is 0 Å². The van der Waals surface area contributed by atoms with Crippen LogP contribution in [0.3, 0.4) is 0 Å².